The molecule has 184 valence electrons. The fourth-order valence-corrected chi connectivity index (χ4v) is 5.71. The summed E-state index contributed by atoms with van der Waals surface area (Å²) in [7, 11) is 0. The van der Waals surface area contributed by atoms with Crippen LogP contribution in [0.15, 0.2) is 48.8 Å². The summed E-state index contributed by atoms with van der Waals surface area (Å²) in [4.78, 5) is 21.3. The number of hydrogen-bond donors (Lipinski definition) is 0. The number of hydrogen-bond acceptors (Lipinski definition) is 4. The maximum atomic E-state index is 14.8. The van der Waals surface area contributed by atoms with Gasteiger partial charge in [-0.3, -0.25) is 9.69 Å². The summed E-state index contributed by atoms with van der Waals surface area (Å²) in [5.74, 6) is 1.69. The molecule has 1 amide bonds. The lowest BCUT2D eigenvalue weighted by atomic mass is 10.0. The zero-order chi connectivity index (χ0) is 23.8. The Hall–Kier alpha value is -2.93. The number of likely N-dealkylation sites (tertiary alicyclic amines) is 2. The SMILES string of the molecule is O=C(c1ccc2c(ccn2-c2ccc(OC3CCN(CC4(F)CCCC4)CC3)cn2)c1)N1CCC1. The molecule has 0 N–H and O–H groups in total. The molecule has 35 heavy (non-hydrogen) atoms. The highest BCUT2D eigenvalue weighted by Crippen LogP contribution is 2.35. The lowest BCUT2D eigenvalue weighted by Gasteiger charge is -2.35. The quantitative estimate of drug-likeness (QED) is 0.503. The van der Waals surface area contributed by atoms with E-state index < -0.39 is 5.67 Å². The van der Waals surface area contributed by atoms with Crippen molar-refractivity contribution in [2.24, 2.45) is 0 Å². The van der Waals surface area contributed by atoms with E-state index in [1.54, 1.807) is 6.20 Å². The molecule has 4 heterocycles. The first-order valence-electron chi connectivity index (χ1n) is 13.0. The average molecular weight is 477 g/mol. The van der Waals surface area contributed by atoms with Gasteiger partial charge in [0.1, 0.15) is 23.3 Å². The Balaban J connectivity index is 1.07. The van der Waals surface area contributed by atoms with Crippen LogP contribution in [-0.2, 0) is 0 Å². The molecule has 2 aromatic heterocycles. The third-order valence-electron chi connectivity index (χ3n) is 7.89. The molecule has 0 spiro atoms. The summed E-state index contributed by atoms with van der Waals surface area (Å²) in [6.07, 6.45) is 10.3. The highest BCUT2D eigenvalue weighted by atomic mass is 19.1. The van der Waals surface area contributed by atoms with Gasteiger partial charge in [0.15, 0.2) is 0 Å². The smallest absolute Gasteiger partial charge is 0.253 e. The van der Waals surface area contributed by atoms with Gasteiger partial charge < -0.3 is 14.2 Å². The minimum Gasteiger partial charge on any atom is -0.489 e. The molecule has 2 aliphatic heterocycles. The summed E-state index contributed by atoms with van der Waals surface area (Å²) in [6.45, 7) is 4.06. The molecule has 7 heteroatoms. The number of benzene rings is 1. The van der Waals surface area contributed by atoms with E-state index in [9.17, 15) is 9.18 Å². The Morgan fingerprint density at radius 1 is 1.03 bits per heavy atom. The number of fused-ring (bicyclic) bond motifs is 1. The maximum Gasteiger partial charge on any atom is 0.253 e. The topological polar surface area (TPSA) is 50.6 Å². The van der Waals surface area contributed by atoms with Crippen molar-refractivity contribution in [3.63, 3.8) is 0 Å². The van der Waals surface area contributed by atoms with Crippen molar-refractivity contribution in [3.05, 3.63) is 54.4 Å². The zero-order valence-corrected chi connectivity index (χ0v) is 20.2. The van der Waals surface area contributed by atoms with Crippen molar-refractivity contribution in [2.45, 2.75) is 56.7 Å². The van der Waals surface area contributed by atoms with Crippen molar-refractivity contribution in [1.29, 1.82) is 0 Å². The molecule has 0 atom stereocenters. The van der Waals surface area contributed by atoms with Gasteiger partial charge in [-0.1, -0.05) is 12.8 Å². The van der Waals surface area contributed by atoms with Crippen LogP contribution in [0.3, 0.4) is 0 Å². The number of carbonyl (C=O) groups excluding carboxylic acids is 1. The Bertz CT molecular complexity index is 1190. The molecule has 3 fully saturated rings. The monoisotopic (exact) mass is 476 g/mol. The summed E-state index contributed by atoms with van der Waals surface area (Å²) < 4.78 is 23.0. The van der Waals surface area contributed by atoms with E-state index in [2.05, 4.69) is 9.88 Å². The third-order valence-corrected chi connectivity index (χ3v) is 7.89. The van der Waals surface area contributed by atoms with Crippen LogP contribution in [0, 0.1) is 0 Å². The Labute approximate surface area is 205 Å². The highest BCUT2D eigenvalue weighted by Gasteiger charge is 2.36. The third kappa shape index (κ3) is 4.66. The maximum absolute atomic E-state index is 14.8. The number of pyridine rings is 1. The number of nitrogens with zero attached hydrogens (tertiary/aromatic N) is 4. The summed E-state index contributed by atoms with van der Waals surface area (Å²) >= 11 is 0. The lowest BCUT2D eigenvalue weighted by Crippen LogP contribution is -2.44. The molecule has 1 saturated carbocycles. The van der Waals surface area contributed by atoms with Crippen LogP contribution in [0.2, 0.25) is 0 Å². The van der Waals surface area contributed by atoms with Crippen LogP contribution in [0.4, 0.5) is 4.39 Å². The van der Waals surface area contributed by atoms with Crippen LogP contribution in [-0.4, -0.2) is 69.8 Å². The van der Waals surface area contributed by atoms with Gasteiger partial charge in [-0.15, -0.1) is 0 Å². The molecule has 3 aromatic rings. The van der Waals surface area contributed by atoms with Gasteiger partial charge in [0.05, 0.1) is 11.7 Å². The van der Waals surface area contributed by atoms with E-state index in [0.29, 0.717) is 6.54 Å². The molecule has 0 unspecified atom stereocenters. The largest absolute Gasteiger partial charge is 0.489 e. The minimum absolute atomic E-state index is 0.110. The molecule has 1 aliphatic carbocycles. The molecule has 3 aliphatic rings. The first kappa shape index (κ1) is 22.5. The number of alkyl halides is 1. The lowest BCUT2D eigenvalue weighted by molar-refractivity contribution is 0.0504. The van der Waals surface area contributed by atoms with Crippen molar-refractivity contribution < 1.29 is 13.9 Å². The van der Waals surface area contributed by atoms with Gasteiger partial charge in [-0.05, 0) is 68.5 Å². The fourth-order valence-electron chi connectivity index (χ4n) is 5.71. The van der Waals surface area contributed by atoms with Gasteiger partial charge in [-0.2, -0.15) is 0 Å². The van der Waals surface area contributed by atoms with Gasteiger partial charge in [0.25, 0.3) is 5.91 Å². The van der Waals surface area contributed by atoms with Gasteiger partial charge in [0.2, 0.25) is 0 Å². The Kier molecular flexibility index (Phi) is 5.96. The van der Waals surface area contributed by atoms with Crippen molar-refractivity contribution in [3.8, 4) is 11.6 Å². The molecule has 0 radical (unpaired) electrons. The minimum atomic E-state index is -0.971. The number of ether oxygens (including phenoxy) is 1. The second-order valence-corrected chi connectivity index (χ2v) is 10.4. The summed E-state index contributed by atoms with van der Waals surface area (Å²) in [5.41, 5.74) is 0.788. The first-order valence-corrected chi connectivity index (χ1v) is 13.0. The first-order chi connectivity index (χ1) is 17.1. The Morgan fingerprint density at radius 3 is 2.51 bits per heavy atom. The van der Waals surface area contributed by atoms with Crippen LogP contribution >= 0.6 is 0 Å². The standard InChI is InChI=1S/C28H33FN4O2/c29-28(11-1-2-12-28)20-31-15-9-23(10-16-31)35-24-5-7-26(30-19-24)33-17-8-21-18-22(4-6-25(21)33)27(34)32-13-3-14-32/h4-8,17-19,23H,1-3,9-16,20H2. The molecular weight excluding hydrogens is 443 g/mol. The molecular formula is C28H33FN4O2. The van der Waals surface area contributed by atoms with Crippen LogP contribution in [0.1, 0.15) is 55.3 Å². The van der Waals surface area contributed by atoms with Gasteiger partial charge in [-0.25, -0.2) is 9.37 Å². The average Bonchev–Trinajstić information content (AvgIpc) is 3.46. The van der Waals surface area contributed by atoms with E-state index >= 15 is 0 Å². The highest BCUT2D eigenvalue weighted by molar-refractivity contribution is 5.98. The molecule has 6 rings (SSSR count). The van der Waals surface area contributed by atoms with Gasteiger partial charge in [0, 0.05) is 49.9 Å². The van der Waals surface area contributed by atoms with Crippen molar-refractivity contribution in [1.82, 2.24) is 19.4 Å². The van der Waals surface area contributed by atoms with Crippen molar-refractivity contribution >= 4 is 16.8 Å². The van der Waals surface area contributed by atoms with Gasteiger partial charge >= 0.3 is 0 Å². The van der Waals surface area contributed by atoms with Crippen LogP contribution in [0.5, 0.6) is 5.75 Å². The normalized spacial score (nSPS) is 20.8. The molecule has 1 aromatic carbocycles. The van der Waals surface area contributed by atoms with E-state index in [4.69, 9.17) is 4.74 Å². The number of halogens is 1. The van der Waals surface area contributed by atoms with E-state index in [1.165, 1.54) is 0 Å². The second kappa shape index (κ2) is 9.26. The summed E-state index contributed by atoms with van der Waals surface area (Å²) in [6, 6.07) is 11.8. The van der Waals surface area contributed by atoms with E-state index in [0.717, 1.165) is 99.2 Å². The van der Waals surface area contributed by atoms with Crippen LogP contribution < -0.4 is 4.74 Å². The van der Waals surface area contributed by atoms with E-state index in [1.807, 2.05) is 52.1 Å². The predicted octanol–water partition coefficient (Wildman–Crippen LogP) is 5.00. The van der Waals surface area contributed by atoms with E-state index in [-0.39, 0.29) is 12.0 Å². The predicted molar refractivity (Wildman–Crippen MR) is 134 cm³/mol. The van der Waals surface area contributed by atoms with Crippen LogP contribution in [0.25, 0.3) is 16.7 Å². The second-order valence-electron chi connectivity index (χ2n) is 10.4. The zero-order valence-electron chi connectivity index (χ0n) is 20.2. The summed E-state index contributed by atoms with van der Waals surface area (Å²) in [5, 5.41) is 1.03. The van der Waals surface area contributed by atoms with Crippen molar-refractivity contribution in [2.75, 3.05) is 32.7 Å². The fraction of sp³-hybridized carbons (Fsp3) is 0.500. The number of piperidine rings is 1. The number of aromatic nitrogens is 2. The number of amides is 1. The molecule has 6 nitrogen and oxygen atoms in total. The molecule has 0 bridgehead atoms. The Morgan fingerprint density at radius 2 is 1.83 bits per heavy atom. The number of carbonyl (C=O) groups is 1. The molecule has 2 saturated heterocycles. The number of rotatable bonds is 6.